The standard InChI is InChI=1S/C26H29N5O3S/c35-26(27-18-19-10-11-21-22(16-19)33-15-14-32-21)30-25-28-23(31-12-6-1-2-7-13-31)17-24(29-25)34-20-8-4-3-5-9-20/h3-5,8-11,16-17H,1-2,6-7,12-15,18H2,(H2,27,28,29,30,35). The third-order valence-corrected chi connectivity index (χ3v) is 6.12. The fourth-order valence-electron chi connectivity index (χ4n) is 4.12. The Hall–Kier alpha value is -3.59. The summed E-state index contributed by atoms with van der Waals surface area (Å²) in [5.41, 5.74) is 1.03. The number of nitrogens with zero attached hydrogens (tertiary/aromatic N) is 3. The monoisotopic (exact) mass is 491 g/mol. The Balaban J connectivity index is 1.29. The van der Waals surface area contributed by atoms with Gasteiger partial charge in [-0.05, 0) is 54.9 Å². The van der Waals surface area contributed by atoms with Crippen LogP contribution in [0.4, 0.5) is 11.8 Å². The molecule has 0 unspecified atom stereocenters. The third-order valence-electron chi connectivity index (χ3n) is 5.87. The summed E-state index contributed by atoms with van der Waals surface area (Å²) in [7, 11) is 0. The van der Waals surface area contributed by atoms with Crippen LogP contribution in [0.2, 0.25) is 0 Å². The van der Waals surface area contributed by atoms with Crippen molar-refractivity contribution in [2.24, 2.45) is 0 Å². The molecule has 2 aromatic carbocycles. The van der Waals surface area contributed by atoms with E-state index in [2.05, 4.69) is 20.5 Å². The van der Waals surface area contributed by atoms with Crippen LogP contribution in [0.15, 0.2) is 54.6 Å². The number of benzene rings is 2. The zero-order chi connectivity index (χ0) is 23.9. The van der Waals surface area contributed by atoms with Crippen LogP contribution in [0.25, 0.3) is 0 Å². The lowest BCUT2D eigenvalue weighted by Crippen LogP contribution is -2.30. The molecular weight excluding hydrogens is 462 g/mol. The van der Waals surface area contributed by atoms with Gasteiger partial charge in [-0.1, -0.05) is 37.1 Å². The summed E-state index contributed by atoms with van der Waals surface area (Å²) in [4.78, 5) is 11.6. The summed E-state index contributed by atoms with van der Waals surface area (Å²) in [6, 6.07) is 17.4. The predicted molar refractivity (Wildman–Crippen MR) is 140 cm³/mol. The minimum Gasteiger partial charge on any atom is -0.486 e. The molecule has 1 fully saturated rings. The summed E-state index contributed by atoms with van der Waals surface area (Å²) in [6.45, 7) is 3.59. The molecule has 0 saturated carbocycles. The molecule has 2 aliphatic heterocycles. The van der Waals surface area contributed by atoms with Crippen molar-refractivity contribution >= 4 is 29.1 Å². The summed E-state index contributed by atoms with van der Waals surface area (Å²) >= 11 is 5.54. The van der Waals surface area contributed by atoms with Gasteiger partial charge in [-0.2, -0.15) is 9.97 Å². The number of hydrogen-bond acceptors (Lipinski definition) is 7. The first-order chi connectivity index (χ1) is 17.2. The van der Waals surface area contributed by atoms with Crippen LogP contribution in [-0.4, -0.2) is 41.4 Å². The van der Waals surface area contributed by atoms with Gasteiger partial charge in [-0.25, -0.2) is 0 Å². The molecule has 1 saturated heterocycles. The molecule has 35 heavy (non-hydrogen) atoms. The number of hydrogen-bond donors (Lipinski definition) is 2. The number of aromatic nitrogens is 2. The molecule has 3 aromatic rings. The molecule has 1 aromatic heterocycles. The second-order valence-electron chi connectivity index (χ2n) is 8.49. The van der Waals surface area contributed by atoms with Gasteiger partial charge in [-0.15, -0.1) is 0 Å². The summed E-state index contributed by atoms with van der Waals surface area (Å²) < 4.78 is 17.3. The fraction of sp³-hybridized carbons (Fsp3) is 0.346. The van der Waals surface area contributed by atoms with Gasteiger partial charge < -0.3 is 29.7 Å². The molecule has 3 heterocycles. The number of fused-ring (bicyclic) bond motifs is 1. The maximum atomic E-state index is 6.04. The Labute approximate surface area is 210 Å². The van der Waals surface area contributed by atoms with Crippen molar-refractivity contribution in [3.63, 3.8) is 0 Å². The largest absolute Gasteiger partial charge is 0.486 e. The number of para-hydroxylation sites is 1. The Morgan fingerprint density at radius 2 is 1.69 bits per heavy atom. The molecule has 8 nitrogen and oxygen atoms in total. The Bertz CT molecular complexity index is 1150. The SMILES string of the molecule is S=C(NCc1ccc2c(c1)OCCO2)Nc1nc(Oc2ccccc2)cc(N2CCCCCC2)n1. The zero-order valence-corrected chi connectivity index (χ0v) is 20.4. The van der Waals surface area contributed by atoms with Crippen molar-refractivity contribution < 1.29 is 14.2 Å². The quantitative estimate of drug-likeness (QED) is 0.468. The number of rotatable bonds is 6. The minimum atomic E-state index is 0.400. The molecule has 0 bridgehead atoms. The van der Waals surface area contributed by atoms with Crippen LogP contribution in [-0.2, 0) is 6.54 Å². The first kappa shape index (κ1) is 23.2. The first-order valence-electron chi connectivity index (χ1n) is 12.0. The highest BCUT2D eigenvalue weighted by Crippen LogP contribution is 2.31. The van der Waals surface area contributed by atoms with Gasteiger partial charge in [0.1, 0.15) is 24.8 Å². The number of anilines is 2. The van der Waals surface area contributed by atoms with E-state index >= 15 is 0 Å². The lowest BCUT2D eigenvalue weighted by molar-refractivity contribution is 0.171. The lowest BCUT2D eigenvalue weighted by Gasteiger charge is -2.22. The van der Waals surface area contributed by atoms with E-state index in [1.165, 1.54) is 12.8 Å². The molecule has 0 spiro atoms. The van der Waals surface area contributed by atoms with Crippen molar-refractivity contribution in [1.29, 1.82) is 0 Å². The molecule has 0 radical (unpaired) electrons. The zero-order valence-electron chi connectivity index (χ0n) is 19.5. The fourth-order valence-corrected chi connectivity index (χ4v) is 4.28. The van der Waals surface area contributed by atoms with Crippen molar-refractivity contribution in [2.75, 3.05) is 36.5 Å². The van der Waals surface area contributed by atoms with Gasteiger partial charge in [0.15, 0.2) is 16.6 Å². The first-order valence-corrected chi connectivity index (χ1v) is 12.4. The van der Waals surface area contributed by atoms with Crippen LogP contribution in [0, 0.1) is 0 Å². The minimum absolute atomic E-state index is 0.400. The van der Waals surface area contributed by atoms with E-state index in [0.29, 0.717) is 36.7 Å². The lowest BCUT2D eigenvalue weighted by atomic mass is 10.2. The van der Waals surface area contributed by atoms with Gasteiger partial charge in [0.05, 0.1) is 0 Å². The molecule has 5 rings (SSSR count). The molecule has 0 aliphatic carbocycles. The van der Waals surface area contributed by atoms with Gasteiger partial charge in [0, 0.05) is 25.7 Å². The highest BCUT2D eigenvalue weighted by molar-refractivity contribution is 7.80. The van der Waals surface area contributed by atoms with Crippen LogP contribution in [0.5, 0.6) is 23.1 Å². The van der Waals surface area contributed by atoms with Crippen molar-refractivity contribution in [3.8, 4) is 23.1 Å². The van der Waals surface area contributed by atoms with Crippen LogP contribution < -0.4 is 29.7 Å². The van der Waals surface area contributed by atoms with Crippen LogP contribution in [0.1, 0.15) is 31.2 Å². The predicted octanol–water partition coefficient (Wildman–Crippen LogP) is 4.91. The molecule has 2 N–H and O–H groups in total. The number of ether oxygens (including phenoxy) is 3. The Morgan fingerprint density at radius 3 is 2.49 bits per heavy atom. The van der Waals surface area contributed by atoms with Crippen LogP contribution in [0.3, 0.4) is 0 Å². The van der Waals surface area contributed by atoms with E-state index in [1.807, 2.05) is 54.6 Å². The van der Waals surface area contributed by atoms with Crippen molar-refractivity contribution in [2.45, 2.75) is 32.2 Å². The molecule has 2 aliphatic rings. The topological polar surface area (TPSA) is 80.8 Å². The van der Waals surface area contributed by atoms with E-state index in [-0.39, 0.29) is 0 Å². The second kappa shape index (κ2) is 11.2. The summed E-state index contributed by atoms with van der Waals surface area (Å²) in [6.07, 6.45) is 4.79. The second-order valence-corrected chi connectivity index (χ2v) is 8.90. The molecule has 0 atom stereocenters. The Kier molecular flexibility index (Phi) is 7.43. The highest BCUT2D eigenvalue weighted by Gasteiger charge is 2.16. The van der Waals surface area contributed by atoms with E-state index < -0.39 is 0 Å². The van der Waals surface area contributed by atoms with Gasteiger partial charge in [0.25, 0.3) is 0 Å². The van der Waals surface area contributed by atoms with Crippen molar-refractivity contribution in [3.05, 3.63) is 60.2 Å². The molecule has 0 amide bonds. The highest BCUT2D eigenvalue weighted by atomic mass is 32.1. The normalized spacial score (nSPS) is 15.1. The van der Waals surface area contributed by atoms with E-state index in [9.17, 15) is 0 Å². The smallest absolute Gasteiger partial charge is 0.234 e. The average Bonchev–Trinajstić information content (AvgIpc) is 3.18. The molecule has 9 heteroatoms. The summed E-state index contributed by atoms with van der Waals surface area (Å²) in [5, 5.41) is 6.78. The van der Waals surface area contributed by atoms with Gasteiger partial charge >= 0.3 is 0 Å². The maximum absolute atomic E-state index is 6.04. The van der Waals surface area contributed by atoms with Crippen molar-refractivity contribution in [1.82, 2.24) is 15.3 Å². The summed E-state index contributed by atoms with van der Waals surface area (Å²) in [5.74, 6) is 3.96. The van der Waals surface area contributed by atoms with Gasteiger partial charge in [-0.3, -0.25) is 0 Å². The Morgan fingerprint density at radius 1 is 0.914 bits per heavy atom. The molecular formula is C26H29N5O3S. The van der Waals surface area contributed by atoms with E-state index in [4.69, 9.17) is 31.4 Å². The maximum Gasteiger partial charge on any atom is 0.234 e. The third kappa shape index (κ3) is 6.30. The number of thiocarbonyl (C=S) groups is 1. The average molecular weight is 492 g/mol. The van der Waals surface area contributed by atoms with Gasteiger partial charge in [0.2, 0.25) is 11.8 Å². The number of nitrogens with one attached hydrogen (secondary N) is 2. The molecule has 182 valence electrons. The van der Waals surface area contributed by atoms with E-state index in [1.54, 1.807) is 0 Å². The van der Waals surface area contributed by atoms with Crippen LogP contribution >= 0.6 is 12.2 Å². The van der Waals surface area contributed by atoms with E-state index in [0.717, 1.165) is 54.6 Å².